The molecule has 1 atom stereocenters. The number of nitrogens with zero attached hydrogens (tertiary/aromatic N) is 1. The van der Waals surface area contributed by atoms with Gasteiger partial charge in [-0.2, -0.15) is 5.26 Å². The van der Waals surface area contributed by atoms with Crippen LogP contribution in [0.1, 0.15) is 18.4 Å². The molecule has 1 amide bonds. The molecule has 2 aromatic carbocycles. The Balaban J connectivity index is 1.92. The monoisotopic (exact) mass is 543 g/mol. The summed E-state index contributed by atoms with van der Waals surface area (Å²) in [6, 6.07) is 14.1. The molecule has 36 heavy (non-hydrogen) atoms. The number of ether oxygens (including phenoxy) is 2. The molecule has 1 aliphatic heterocycles. The third-order valence-corrected chi connectivity index (χ3v) is 6.80. The van der Waals surface area contributed by atoms with E-state index in [0.717, 1.165) is 11.8 Å². The number of rotatable bonds is 9. The van der Waals surface area contributed by atoms with Gasteiger partial charge in [-0.1, -0.05) is 65.8 Å². The Morgan fingerprint density at radius 1 is 1.28 bits per heavy atom. The molecule has 0 bridgehead atoms. The highest BCUT2D eigenvalue weighted by Gasteiger charge is 2.36. The van der Waals surface area contributed by atoms with Crippen molar-refractivity contribution in [2.24, 2.45) is 0 Å². The molecule has 1 heterocycles. The summed E-state index contributed by atoms with van der Waals surface area (Å²) < 4.78 is 10.6. The first-order valence-corrected chi connectivity index (χ1v) is 12.5. The molecule has 186 valence electrons. The number of esters is 1. The topological polar surface area (TPSA) is 100 Å². The predicted octanol–water partition coefficient (Wildman–Crippen LogP) is 5.80. The molecule has 0 spiro atoms. The van der Waals surface area contributed by atoms with Crippen LogP contribution in [0.15, 0.2) is 77.0 Å². The highest BCUT2D eigenvalue weighted by atomic mass is 35.5. The van der Waals surface area contributed by atoms with Gasteiger partial charge in [0.1, 0.15) is 12.4 Å². The molecule has 2 aromatic rings. The van der Waals surface area contributed by atoms with Crippen LogP contribution in [-0.4, -0.2) is 31.3 Å². The van der Waals surface area contributed by atoms with Crippen LogP contribution in [-0.2, 0) is 14.3 Å². The van der Waals surface area contributed by atoms with Crippen molar-refractivity contribution in [2.45, 2.75) is 12.8 Å². The lowest BCUT2D eigenvalue weighted by Crippen LogP contribution is -2.29. The lowest BCUT2D eigenvalue weighted by atomic mass is 9.82. The molecule has 0 unspecified atom stereocenters. The summed E-state index contributed by atoms with van der Waals surface area (Å²) in [6.07, 6.45) is 1.46. The van der Waals surface area contributed by atoms with Gasteiger partial charge >= 0.3 is 5.97 Å². The smallest absolute Gasteiger partial charge is 0.337 e. The number of allylic oxidation sites excluding steroid dienone is 2. The Kier molecular flexibility index (Phi) is 9.48. The number of carbonyl (C=O) groups excluding carboxylic acids is 2. The molecule has 7 nitrogen and oxygen atoms in total. The average Bonchev–Trinajstić information content (AvgIpc) is 2.86. The van der Waals surface area contributed by atoms with Crippen molar-refractivity contribution in [3.8, 4) is 11.8 Å². The Morgan fingerprint density at radius 3 is 2.69 bits per heavy atom. The van der Waals surface area contributed by atoms with Crippen molar-refractivity contribution < 1.29 is 19.1 Å². The Labute approximate surface area is 223 Å². The van der Waals surface area contributed by atoms with Crippen molar-refractivity contribution in [1.29, 1.82) is 5.26 Å². The number of dihydropyridines is 1. The molecular weight excluding hydrogens is 521 g/mol. The van der Waals surface area contributed by atoms with Gasteiger partial charge in [0, 0.05) is 15.7 Å². The van der Waals surface area contributed by atoms with Gasteiger partial charge in [-0.15, -0.1) is 0 Å². The van der Waals surface area contributed by atoms with Crippen LogP contribution in [0.4, 0.5) is 5.69 Å². The highest BCUT2D eigenvalue weighted by Crippen LogP contribution is 2.43. The normalized spacial score (nSPS) is 15.0. The zero-order valence-electron chi connectivity index (χ0n) is 19.6. The SMILES string of the molecule is C=CCOC(=O)C1=C(C)NC(SCC(=O)Nc2cc(Cl)ccc2OC)=C(C#N)[C@@H]1c1ccccc1Cl. The Bertz CT molecular complexity index is 1300. The van der Waals surface area contributed by atoms with Crippen molar-refractivity contribution >= 4 is 52.5 Å². The van der Waals surface area contributed by atoms with Gasteiger partial charge < -0.3 is 20.1 Å². The van der Waals surface area contributed by atoms with Gasteiger partial charge in [0.2, 0.25) is 5.91 Å². The number of thioether (sulfide) groups is 1. The number of anilines is 1. The predicted molar refractivity (Wildman–Crippen MR) is 143 cm³/mol. The van der Waals surface area contributed by atoms with E-state index in [1.165, 1.54) is 13.2 Å². The maximum atomic E-state index is 13.0. The van der Waals surface area contributed by atoms with Gasteiger partial charge in [0.25, 0.3) is 0 Å². The summed E-state index contributed by atoms with van der Waals surface area (Å²) in [4.78, 5) is 25.7. The molecule has 1 aliphatic rings. The fourth-order valence-corrected chi connectivity index (χ4v) is 4.94. The first-order valence-electron chi connectivity index (χ1n) is 10.7. The van der Waals surface area contributed by atoms with E-state index in [0.29, 0.717) is 37.8 Å². The lowest BCUT2D eigenvalue weighted by Gasteiger charge is -2.29. The molecule has 0 aromatic heterocycles. The lowest BCUT2D eigenvalue weighted by molar-refractivity contribution is -0.138. The first kappa shape index (κ1) is 27.2. The van der Waals surface area contributed by atoms with Gasteiger partial charge in [-0.25, -0.2) is 4.79 Å². The molecule has 0 aliphatic carbocycles. The van der Waals surface area contributed by atoms with Crippen LogP contribution in [0, 0.1) is 11.3 Å². The number of halogens is 2. The fraction of sp³-hybridized carbons (Fsp3) is 0.192. The summed E-state index contributed by atoms with van der Waals surface area (Å²) in [7, 11) is 1.49. The average molecular weight is 544 g/mol. The van der Waals surface area contributed by atoms with E-state index in [1.807, 2.05) is 0 Å². The van der Waals surface area contributed by atoms with Crippen molar-refractivity contribution in [3.63, 3.8) is 0 Å². The minimum atomic E-state index is -0.777. The fourth-order valence-electron chi connectivity index (χ4n) is 3.63. The summed E-state index contributed by atoms with van der Waals surface area (Å²) in [6.45, 7) is 5.30. The van der Waals surface area contributed by atoms with Crippen LogP contribution in [0.25, 0.3) is 0 Å². The van der Waals surface area contributed by atoms with Gasteiger partial charge in [0.15, 0.2) is 0 Å². The Morgan fingerprint density at radius 2 is 2.03 bits per heavy atom. The van der Waals surface area contributed by atoms with Crippen LogP contribution < -0.4 is 15.4 Å². The molecule has 2 N–H and O–H groups in total. The third kappa shape index (κ3) is 6.24. The summed E-state index contributed by atoms with van der Waals surface area (Å²) in [5.41, 5.74) is 2.01. The highest BCUT2D eigenvalue weighted by molar-refractivity contribution is 8.03. The number of nitriles is 1. The van der Waals surface area contributed by atoms with Gasteiger partial charge in [0.05, 0.1) is 46.7 Å². The first-order chi connectivity index (χ1) is 17.3. The van der Waals surface area contributed by atoms with E-state index in [9.17, 15) is 14.9 Å². The standard InChI is InChI=1S/C26H23Cl2N3O4S/c1-4-11-35-26(33)23-15(2)30-25(18(13-29)24(23)17-7-5-6-8-19(17)28)36-14-22(32)31-20-12-16(27)9-10-21(20)34-3/h4-10,12,24,30H,1,11,14H2,2-3H3,(H,31,32)/t24-/m0/s1. The van der Waals surface area contributed by atoms with Crippen molar-refractivity contribution in [1.82, 2.24) is 5.32 Å². The minimum Gasteiger partial charge on any atom is -0.495 e. The van der Waals surface area contributed by atoms with Crippen molar-refractivity contribution in [2.75, 3.05) is 24.8 Å². The van der Waals surface area contributed by atoms with Gasteiger partial charge in [-0.3, -0.25) is 4.79 Å². The second-order valence-corrected chi connectivity index (χ2v) is 9.37. The van der Waals surface area contributed by atoms with E-state index in [4.69, 9.17) is 32.7 Å². The third-order valence-electron chi connectivity index (χ3n) is 5.20. The van der Waals surface area contributed by atoms with E-state index in [2.05, 4.69) is 23.3 Å². The zero-order valence-corrected chi connectivity index (χ0v) is 21.9. The number of methoxy groups -OCH3 is 1. The molecule has 0 fully saturated rings. The van der Waals surface area contributed by atoms with E-state index in [-0.39, 0.29) is 29.4 Å². The van der Waals surface area contributed by atoms with Crippen LogP contribution in [0.5, 0.6) is 5.75 Å². The number of carbonyl (C=O) groups is 2. The van der Waals surface area contributed by atoms with Crippen LogP contribution >= 0.6 is 35.0 Å². The minimum absolute atomic E-state index is 0.0190. The quantitative estimate of drug-likeness (QED) is 0.304. The second-order valence-electron chi connectivity index (χ2n) is 7.54. The molecular formula is C26H23Cl2N3O4S. The molecule has 0 radical (unpaired) electrons. The Hall–Kier alpha value is -3.38. The van der Waals surface area contributed by atoms with E-state index < -0.39 is 11.9 Å². The summed E-state index contributed by atoms with van der Waals surface area (Å²) >= 11 is 13.6. The summed E-state index contributed by atoms with van der Waals surface area (Å²) in [5, 5.41) is 17.3. The number of hydrogen-bond donors (Lipinski definition) is 2. The molecule has 10 heteroatoms. The second kappa shape index (κ2) is 12.5. The molecule has 0 saturated carbocycles. The van der Waals surface area contributed by atoms with Crippen molar-refractivity contribution in [3.05, 3.63) is 92.6 Å². The number of amides is 1. The number of nitrogens with one attached hydrogen (secondary N) is 2. The maximum Gasteiger partial charge on any atom is 0.337 e. The largest absolute Gasteiger partial charge is 0.495 e. The number of hydrogen-bond acceptors (Lipinski definition) is 7. The van der Waals surface area contributed by atoms with E-state index >= 15 is 0 Å². The van der Waals surface area contributed by atoms with E-state index in [1.54, 1.807) is 49.4 Å². The van der Waals surface area contributed by atoms with Crippen LogP contribution in [0.3, 0.4) is 0 Å². The number of benzene rings is 2. The molecule has 0 saturated heterocycles. The van der Waals surface area contributed by atoms with Crippen LogP contribution in [0.2, 0.25) is 10.0 Å². The van der Waals surface area contributed by atoms with Gasteiger partial charge in [-0.05, 0) is 36.8 Å². The summed E-state index contributed by atoms with van der Waals surface area (Å²) in [5.74, 6) is -1.26. The maximum absolute atomic E-state index is 13.0. The zero-order chi connectivity index (χ0) is 26.2. The molecule has 3 rings (SSSR count).